The summed E-state index contributed by atoms with van der Waals surface area (Å²) in [4.78, 5) is 37.2. The van der Waals surface area contributed by atoms with Gasteiger partial charge in [0.05, 0.1) is 18.0 Å². The van der Waals surface area contributed by atoms with Crippen molar-refractivity contribution in [2.24, 2.45) is 0 Å². The number of carbonyl (C=O) groups excluding carboxylic acids is 1. The van der Waals surface area contributed by atoms with Gasteiger partial charge in [-0.25, -0.2) is 4.79 Å². The highest BCUT2D eigenvalue weighted by molar-refractivity contribution is 9.09. The molecule has 24 heavy (non-hydrogen) atoms. The van der Waals surface area contributed by atoms with Crippen LogP contribution in [0.2, 0.25) is 0 Å². The van der Waals surface area contributed by atoms with E-state index >= 15 is 0 Å². The third kappa shape index (κ3) is 4.53. The van der Waals surface area contributed by atoms with Crippen LogP contribution in [0.4, 0.5) is 0 Å². The number of hydrogen-bond acceptors (Lipinski definition) is 6. The summed E-state index contributed by atoms with van der Waals surface area (Å²) in [5.74, 6) is -0.141. The Kier molecular flexibility index (Phi) is 6.72. The van der Waals surface area contributed by atoms with E-state index in [1.165, 1.54) is 10.8 Å². The lowest BCUT2D eigenvalue weighted by Gasteiger charge is -2.15. The predicted octanol–water partition coefficient (Wildman–Crippen LogP) is -1.38. The van der Waals surface area contributed by atoms with E-state index in [9.17, 15) is 19.5 Å². The predicted molar refractivity (Wildman–Crippen MR) is 88.1 cm³/mol. The van der Waals surface area contributed by atoms with Crippen LogP contribution in [-0.2, 0) is 16.0 Å². The molecule has 0 bridgehead atoms. The van der Waals surface area contributed by atoms with Crippen molar-refractivity contribution in [2.45, 2.75) is 37.7 Å². The van der Waals surface area contributed by atoms with E-state index in [-0.39, 0.29) is 24.3 Å². The van der Waals surface area contributed by atoms with Gasteiger partial charge >= 0.3 is 5.69 Å². The monoisotopic (exact) mass is 405 g/mol. The summed E-state index contributed by atoms with van der Waals surface area (Å²) in [6.07, 6.45) is 0.0965. The second kappa shape index (κ2) is 8.56. The highest BCUT2D eigenvalue weighted by Crippen LogP contribution is 2.27. The molecule has 0 spiro atoms. The smallest absolute Gasteiger partial charge is 0.330 e. The van der Waals surface area contributed by atoms with Crippen molar-refractivity contribution in [3.8, 4) is 0 Å². The number of halogens is 1. The van der Waals surface area contributed by atoms with Crippen molar-refractivity contribution < 1.29 is 19.7 Å². The fourth-order valence-corrected chi connectivity index (χ4v) is 2.72. The molecule has 0 aliphatic carbocycles. The minimum Gasteiger partial charge on any atom is -0.394 e. The zero-order valence-corrected chi connectivity index (χ0v) is 14.5. The first kappa shape index (κ1) is 18.8. The van der Waals surface area contributed by atoms with E-state index in [4.69, 9.17) is 9.84 Å². The van der Waals surface area contributed by atoms with Crippen molar-refractivity contribution in [3.05, 3.63) is 32.6 Å². The van der Waals surface area contributed by atoms with Crippen molar-refractivity contribution in [1.29, 1.82) is 0 Å². The Morgan fingerprint density at radius 2 is 2.25 bits per heavy atom. The van der Waals surface area contributed by atoms with Gasteiger partial charge in [0.15, 0.2) is 0 Å². The van der Waals surface area contributed by atoms with Crippen LogP contribution in [0.15, 0.2) is 15.8 Å². The van der Waals surface area contributed by atoms with Gasteiger partial charge < -0.3 is 20.3 Å². The van der Waals surface area contributed by atoms with Gasteiger partial charge in [0, 0.05) is 24.7 Å². The summed E-state index contributed by atoms with van der Waals surface area (Å²) in [6, 6.07) is 0. The van der Waals surface area contributed by atoms with Gasteiger partial charge in [0.25, 0.3) is 5.56 Å². The molecule has 1 saturated heterocycles. The summed E-state index contributed by atoms with van der Waals surface area (Å²) in [5, 5.41) is 21.8. The number of alkyl halides is 1. The molecule has 1 aromatic rings. The molecule has 134 valence electrons. The second-order valence-corrected chi connectivity index (χ2v) is 6.08. The van der Waals surface area contributed by atoms with Crippen LogP contribution in [0.1, 0.15) is 24.6 Å². The van der Waals surface area contributed by atoms with Crippen LogP contribution >= 0.6 is 15.9 Å². The fourth-order valence-electron chi connectivity index (χ4n) is 2.52. The molecule has 0 radical (unpaired) electrons. The van der Waals surface area contributed by atoms with Crippen LogP contribution in [0, 0.1) is 0 Å². The number of ether oxygens (including phenoxy) is 1. The van der Waals surface area contributed by atoms with Gasteiger partial charge in [-0.15, -0.1) is 0 Å². The molecule has 9 nitrogen and oxygen atoms in total. The highest BCUT2D eigenvalue weighted by Gasteiger charge is 2.35. The van der Waals surface area contributed by atoms with Crippen LogP contribution in [0.3, 0.4) is 0 Å². The Morgan fingerprint density at radius 3 is 2.88 bits per heavy atom. The zero-order valence-electron chi connectivity index (χ0n) is 12.9. The summed E-state index contributed by atoms with van der Waals surface area (Å²) < 4.78 is 6.65. The van der Waals surface area contributed by atoms with E-state index in [1.54, 1.807) is 0 Å². The van der Waals surface area contributed by atoms with Gasteiger partial charge in [-0.2, -0.15) is 0 Å². The second-order valence-electron chi connectivity index (χ2n) is 5.52. The van der Waals surface area contributed by atoms with Gasteiger partial charge in [-0.1, -0.05) is 15.9 Å². The molecular formula is C14H20BrN3O6. The van der Waals surface area contributed by atoms with E-state index in [0.29, 0.717) is 24.9 Å². The van der Waals surface area contributed by atoms with Gasteiger partial charge in [-0.05, 0) is 12.8 Å². The molecule has 0 unspecified atom stereocenters. The first-order valence-electron chi connectivity index (χ1n) is 7.57. The molecule has 4 N–H and O–H groups in total. The van der Waals surface area contributed by atoms with Crippen LogP contribution in [0.25, 0.3) is 0 Å². The topological polar surface area (TPSA) is 134 Å². The van der Waals surface area contributed by atoms with Crippen molar-refractivity contribution in [2.75, 3.05) is 18.5 Å². The van der Waals surface area contributed by atoms with Crippen LogP contribution in [-0.4, -0.2) is 56.4 Å². The first-order valence-corrected chi connectivity index (χ1v) is 8.69. The minimum absolute atomic E-state index is 0.141. The first-order chi connectivity index (χ1) is 11.5. The number of aliphatic hydroxyl groups excluding tert-OH is 2. The quantitative estimate of drug-likeness (QED) is 0.326. The lowest BCUT2D eigenvalue weighted by molar-refractivity contribution is -0.118. The van der Waals surface area contributed by atoms with Crippen molar-refractivity contribution in [1.82, 2.24) is 14.9 Å². The Bertz CT molecular complexity index is 688. The van der Waals surface area contributed by atoms with Gasteiger partial charge in [-0.3, -0.25) is 19.1 Å². The van der Waals surface area contributed by atoms with Gasteiger partial charge in [0.1, 0.15) is 12.3 Å². The normalized spacial score (nSPS) is 23.4. The third-order valence-corrected chi connectivity index (χ3v) is 4.31. The van der Waals surface area contributed by atoms with Gasteiger partial charge in [0.2, 0.25) is 5.91 Å². The van der Waals surface area contributed by atoms with E-state index < -0.39 is 29.7 Å². The van der Waals surface area contributed by atoms with Crippen LogP contribution < -0.4 is 16.6 Å². The average molecular weight is 406 g/mol. The molecule has 0 aromatic carbocycles. The molecule has 1 fully saturated rings. The number of hydrogen-bond donors (Lipinski definition) is 4. The standard InChI is InChI=1S/C14H20BrN3O6/c15-5-11(21)16-3-1-2-8-6-18(14(23)17-13(8)22)12-4-9(20)10(7-19)24-12/h6,9-10,12,19-20H,1-5,7H2,(H,16,21)(H,17,22,23)/t9-,10+,12+/m0/s1. The molecule has 2 rings (SSSR count). The van der Waals surface area contributed by atoms with Crippen molar-refractivity contribution >= 4 is 21.8 Å². The Balaban J connectivity index is 2.07. The number of aromatic amines is 1. The van der Waals surface area contributed by atoms with E-state index in [1.807, 2.05) is 0 Å². The third-order valence-electron chi connectivity index (χ3n) is 3.80. The van der Waals surface area contributed by atoms with Crippen LogP contribution in [0.5, 0.6) is 0 Å². The number of nitrogens with one attached hydrogen (secondary N) is 2. The number of H-pyrrole nitrogens is 1. The maximum absolute atomic E-state index is 12.0. The lowest BCUT2D eigenvalue weighted by atomic mass is 10.1. The Labute approximate surface area is 145 Å². The number of nitrogens with zero attached hydrogens (tertiary/aromatic N) is 1. The van der Waals surface area contributed by atoms with E-state index in [0.717, 1.165) is 0 Å². The number of rotatable bonds is 7. The summed E-state index contributed by atoms with van der Waals surface area (Å²) >= 11 is 3.04. The zero-order chi connectivity index (χ0) is 17.7. The van der Waals surface area contributed by atoms with E-state index in [2.05, 4.69) is 26.2 Å². The lowest BCUT2D eigenvalue weighted by Crippen LogP contribution is -2.34. The number of aryl methyl sites for hydroxylation is 1. The largest absolute Gasteiger partial charge is 0.394 e. The maximum Gasteiger partial charge on any atom is 0.330 e. The molecule has 1 amide bonds. The SMILES string of the molecule is O=C(CBr)NCCCc1cn([C@H]2C[C@H](O)[C@@H](CO)O2)c(=O)[nH]c1=O. The highest BCUT2D eigenvalue weighted by atomic mass is 79.9. The summed E-state index contributed by atoms with van der Waals surface area (Å²) in [7, 11) is 0. The molecule has 0 saturated carbocycles. The minimum atomic E-state index is -0.873. The summed E-state index contributed by atoms with van der Waals surface area (Å²) in [6.45, 7) is 0.0596. The molecule has 1 aliphatic heterocycles. The maximum atomic E-state index is 12.0. The summed E-state index contributed by atoms with van der Waals surface area (Å²) in [5.41, 5.74) is -0.735. The molecular weight excluding hydrogens is 386 g/mol. The number of amides is 1. The Morgan fingerprint density at radius 1 is 1.50 bits per heavy atom. The average Bonchev–Trinajstić information content (AvgIpc) is 2.93. The fraction of sp³-hybridized carbons (Fsp3) is 0.643. The number of carbonyl (C=O) groups is 1. The number of aliphatic hydroxyl groups is 2. The molecule has 1 aliphatic rings. The van der Waals surface area contributed by atoms with Crippen molar-refractivity contribution in [3.63, 3.8) is 0 Å². The number of aromatic nitrogens is 2. The molecule has 3 atom stereocenters. The molecule has 10 heteroatoms. The Hall–Kier alpha value is -1.49. The molecule has 2 heterocycles. The molecule has 1 aromatic heterocycles.